The van der Waals surface area contributed by atoms with E-state index in [1.807, 2.05) is 19.9 Å². The van der Waals surface area contributed by atoms with Crippen LogP contribution in [-0.2, 0) is 19.6 Å². The van der Waals surface area contributed by atoms with Gasteiger partial charge in [-0.15, -0.1) is 0 Å². The van der Waals surface area contributed by atoms with E-state index in [0.29, 0.717) is 16.9 Å². The molecule has 31 heavy (non-hydrogen) atoms. The van der Waals surface area contributed by atoms with Crippen LogP contribution in [0.15, 0.2) is 53.4 Å². The second-order valence-corrected chi connectivity index (χ2v) is 9.19. The Morgan fingerprint density at radius 2 is 1.71 bits per heavy atom. The number of benzene rings is 2. The fourth-order valence-corrected chi connectivity index (χ4v) is 3.57. The minimum absolute atomic E-state index is 0.0205. The van der Waals surface area contributed by atoms with Crippen LogP contribution in [0.3, 0.4) is 0 Å². The van der Waals surface area contributed by atoms with Crippen molar-refractivity contribution in [2.45, 2.75) is 18.7 Å². The van der Waals surface area contributed by atoms with Gasteiger partial charge in [0.2, 0.25) is 15.9 Å². The zero-order valence-electron chi connectivity index (χ0n) is 17.5. The molecule has 2 rings (SSSR count). The summed E-state index contributed by atoms with van der Waals surface area (Å²) in [5.74, 6) is -0.354. The molecule has 0 saturated heterocycles. The number of rotatable bonds is 8. The predicted octanol–water partition coefficient (Wildman–Crippen LogP) is 3.02. The number of anilines is 2. The summed E-state index contributed by atoms with van der Waals surface area (Å²) in [4.78, 5) is 24.1. The Hall–Kier alpha value is -3.42. The van der Waals surface area contributed by atoms with Crippen LogP contribution >= 0.6 is 0 Å². The maximum atomic E-state index is 12.6. The van der Waals surface area contributed by atoms with E-state index in [9.17, 15) is 18.0 Å². The van der Waals surface area contributed by atoms with Gasteiger partial charge in [-0.2, -0.15) is 9.57 Å². The summed E-state index contributed by atoms with van der Waals surface area (Å²) in [5, 5.41) is 14.0. The lowest BCUT2D eigenvalue weighted by Crippen LogP contribution is -2.35. The fourth-order valence-electron chi connectivity index (χ4n) is 2.44. The van der Waals surface area contributed by atoms with Crippen molar-refractivity contribution in [2.75, 3.05) is 30.8 Å². The summed E-state index contributed by atoms with van der Waals surface area (Å²) in [6.07, 6.45) is -0.606. The van der Waals surface area contributed by atoms with E-state index in [-0.39, 0.29) is 17.4 Å². The average molecular weight is 445 g/mol. The normalized spacial score (nSPS) is 11.1. The number of ether oxygens (including phenoxy) is 1. The van der Waals surface area contributed by atoms with E-state index < -0.39 is 28.6 Å². The van der Waals surface area contributed by atoms with E-state index in [1.165, 1.54) is 37.4 Å². The number of sulfonamides is 1. The van der Waals surface area contributed by atoms with Crippen molar-refractivity contribution in [3.8, 4) is 6.07 Å². The summed E-state index contributed by atoms with van der Waals surface area (Å²) in [6, 6.07) is 13.7. The van der Waals surface area contributed by atoms with Gasteiger partial charge in [0.05, 0.1) is 29.7 Å². The van der Waals surface area contributed by atoms with E-state index in [0.717, 1.165) is 4.31 Å². The van der Waals surface area contributed by atoms with Crippen LogP contribution in [0.25, 0.3) is 0 Å². The second-order valence-electron chi connectivity index (χ2n) is 7.14. The molecule has 0 aliphatic rings. The van der Waals surface area contributed by atoms with Crippen LogP contribution < -0.4 is 10.6 Å². The highest BCUT2D eigenvalue weighted by atomic mass is 32.2. The smallest absolute Gasteiger partial charge is 0.411 e. The van der Waals surface area contributed by atoms with Gasteiger partial charge in [-0.25, -0.2) is 13.2 Å². The molecule has 9 nitrogen and oxygen atoms in total. The first-order chi connectivity index (χ1) is 14.6. The minimum Gasteiger partial charge on any atom is -0.449 e. The molecular formula is C21H24N4O5S. The van der Waals surface area contributed by atoms with Crippen molar-refractivity contribution in [1.82, 2.24) is 4.31 Å². The molecular weight excluding hydrogens is 420 g/mol. The van der Waals surface area contributed by atoms with Gasteiger partial charge in [0.25, 0.3) is 0 Å². The molecule has 10 heteroatoms. The number of nitrogens with zero attached hydrogens (tertiary/aromatic N) is 2. The second kappa shape index (κ2) is 10.6. The number of nitriles is 1. The molecule has 0 fully saturated rings. The lowest BCUT2D eigenvalue weighted by molar-refractivity contribution is -0.116. The Balaban J connectivity index is 1.98. The van der Waals surface area contributed by atoms with Crippen molar-refractivity contribution < 1.29 is 22.7 Å². The molecule has 2 N–H and O–H groups in total. The van der Waals surface area contributed by atoms with Crippen LogP contribution in [0.2, 0.25) is 0 Å². The molecule has 0 radical (unpaired) electrons. The molecule has 0 heterocycles. The number of carbonyl (C=O) groups is 2. The van der Waals surface area contributed by atoms with Gasteiger partial charge in [-0.1, -0.05) is 19.9 Å². The van der Waals surface area contributed by atoms with Gasteiger partial charge in [0.15, 0.2) is 0 Å². The molecule has 2 aromatic rings. The summed E-state index contributed by atoms with van der Waals surface area (Å²) >= 11 is 0. The number of likely N-dealkylation sites (N-methyl/N-ethyl adjacent to an activating group) is 1. The van der Waals surface area contributed by atoms with Crippen molar-refractivity contribution >= 4 is 33.4 Å². The summed E-state index contributed by atoms with van der Waals surface area (Å²) in [7, 11) is -2.61. The molecule has 0 aliphatic heterocycles. The molecule has 0 unspecified atom stereocenters. The highest BCUT2D eigenvalue weighted by Gasteiger charge is 2.23. The number of amides is 2. The zero-order chi connectivity index (χ0) is 23.0. The van der Waals surface area contributed by atoms with Gasteiger partial charge in [0, 0.05) is 18.4 Å². The summed E-state index contributed by atoms with van der Waals surface area (Å²) < 4.78 is 31.2. The molecule has 0 saturated carbocycles. The van der Waals surface area contributed by atoms with Crippen molar-refractivity contribution in [1.29, 1.82) is 5.26 Å². The quantitative estimate of drug-likeness (QED) is 0.644. The zero-order valence-corrected chi connectivity index (χ0v) is 18.3. The lowest BCUT2D eigenvalue weighted by atomic mass is 10.2. The number of hydrogen-bond acceptors (Lipinski definition) is 6. The van der Waals surface area contributed by atoms with Crippen molar-refractivity contribution in [3.63, 3.8) is 0 Å². The Morgan fingerprint density at radius 3 is 2.29 bits per heavy atom. The monoisotopic (exact) mass is 444 g/mol. The van der Waals surface area contributed by atoms with Gasteiger partial charge >= 0.3 is 6.09 Å². The first-order valence-corrected chi connectivity index (χ1v) is 10.9. The standard InChI is InChI=1S/C21H24N4O5S/c1-15(2)14-30-21(27)24-18-6-4-5-17(11-18)23-20(26)13-25(3)31(28,29)19-9-7-16(12-22)8-10-19/h4-11,15H,13-14H2,1-3H3,(H,23,26)(H,24,27). The molecule has 0 bridgehead atoms. The number of carbonyl (C=O) groups excluding carboxylic acids is 2. The van der Waals surface area contributed by atoms with Gasteiger partial charge < -0.3 is 10.1 Å². The van der Waals surface area contributed by atoms with Gasteiger partial charge in [-0.05, 0) is 48.4 Å². The highest BCUT2D eigenvalue weighted by molar-refractivity contribution is 7.89. The summed E-state index contributed by atoms with van der Waals surface area (Å²) in [6.45, 7) is 3.70. The highest BCUT2D eigenvalue weighted by Crippen LogP contribution is 2.17. The minimum atomic E-state index is -3.90. The van der Waals surface area contributed by atoms with E-state index in [1.54, 1.807) is 18.2 Å². The lowest BCUT2D eigenvalue weighted by Gasteiger charge is -2.17. The molecule has 0 aromatic heterocycles. The molecule has 2 aromatic carbocycles. The van der Waals surface area contributed by atoms with Crippen LogP contribution in [0.1, 0.15) is 19.4 Å². The number of hydrogen-bond donors (Lipinski definition) is 2. The van der Waals surface area contributed by atoms with Crippen LogP contribution in [0, 0.1) is 17.2 Å². The maximum absolute atomic E-state index is 12.6. The Labute approximate surface area is 181 Å². The van der Waals surface area contributed by atoms with Gasteiger partial charge in [-0.3, -0.25) is 10.1 Å². The fraction of sp³-hybridized carbons (Fsp3) is 0.286. The first kappa shape index (κ1) is 23.9. The van der Waals surface area contributed by atoms with E-state index in [4.69, 9.17) is 10.00 Å². The third-order valence-electron chi connectivity index (χ3n) is 4.00. The molecule has 0 aliphatic carbocycles. The Kier molecular flexibility index (Phi) is 8.13. The number of nitrogens with one attached hydrogen (secondary N) is 2. The van der Waals surface area contributed by atoms with Crippen LogP contribution in [-0.4, -0.2) is 44.9 Å². The topological polar surface area (TPSA) is 129 Å². The Bertz CT molecular complexity index is 1080. The predicted molar refractivity (Wildman–Crippen MR) is 116 cm³/mol. The van der Waals surface area contributed by atoms with Crippen molar-refractivity contribution in [3.05, 3.63) is 54.1 Å². The van der Waals surface area contributed by atoms with Crippen molar-refractivity contribution in [2.24, 2.45) is 5.92 Å². The van der Waals surface area contributed by atoms with E-state index >= 15 is 0 Å². The van der Waals surface area contributed by atoms with Crippen LogP contribution in [0.5, 0.6) is 0 Å². The molecule has 0 spiro atoms. The molecule has 164 valence electrons. The van der Waals surface area contributed by atoms with E-state index in [2.05, 4.69) is 10.6 Å². The SMILES string of the molecule is CC(C)COC(=O)Nc1cccc(NC(=O)CN(C)S(=O)(=O)c2ccc(C#N)cc2)c1. The first-order valence-electron chi connectivity index (χ1n) is 9.42. The van der Waals surface area contributed by atoms with Gasteiger partial charge in [0.1, 0.15) is 0 Å². The largest absolute Gasteiger partial charge is 0.449 e. The summed E-state index contributed by atoms with van der Waals surface area (Å²) in [5.41, 5.74) is 1.14. The molecule has 2 amide bonds. The maximum Gasteiger partial charge on any atom is 0.411 e. The van der Waals surface area contributed by atoms with Crippen LogP contribution in [0.4, 0.5) is 16.2 Å². The Morgan fingerprint density at radius 1 is 1.10 bits per heavy atom. The molecule has 0 atom stereocenters. The third-order valence-corrected chi connectivity index (χ3v) is 5.82. The average Bonchev–Trinajstić information content (AvgIpc) is 2.72. The third kappa shape index (κ3) is 7.09.